The zero-order chi connectivity index (χ0) is 13.4. The predicted molar refractivity (Wildman–Crippen MR) is 63.3 cm³/mol. The van der Waals surface area contributed by atoms with E-state index in [9.17, 15) is 14.4 Å². The molecule has 0 heterocycles. The van der Waals surface area contributed by atoms with Crippen LogP contribution in [0.1, 0.15) is 33.6 Å². The second-order valence-corrected chi connectivity index (χ2v) is 3.93. The van der Waals surface area contributed by atoms with Crippen molar-refractivity contribution in [2.45, 2.75) is 39.7 Å². The molecule has 0 bridgehead atoms. The quantitative estimate of drug-likeness (QED) is 0.409. The van der Waals surface area contributed by atoms with E-state index >= 15 is 0 Å². The molecule has 0 aromatic heterocycles. The predicted octanol–water partition coefficient (Wildman–Crippen LogP) is 0.980. The molecule has 1 amide bonds. The van der Waals surface area contributed by atoms with Crippen molar-refractivity contribution in [1.82, 2.24) is 5.32 Å². The molecule has 5 heteroatoms. The summed E-state index contributed by atoms with van der Waals surface area (Å²) in [4.78, 5) is 33.2. The fraction of sp³-hybridized carbons (Fsp3) is 0.583. The van der Waals surface area contributed by atoms with Crippen LogP contribution < -0.4 is 5.32 Å². The Labute approximate surface area is 101 Å². The van der Waals surface area contributed by atoms with Crippen molar-refractivity contribution >= 4 is 17.7 Å². The van der Waals surface area contributed by atoms with Crippen molar-refractivity contribution in [3.05, 3.63) is 12.2 Å². The van der Waals surface area contributed by atoms with Gasteiger partial charge in [0.05, 0.1) is 12.5 Å². The van der Waals surface area contributed by atoms with E-state index in [1.807, 2.05) is 6.92 Å². The molecule has 5 nitrogen and oxygen atoms in total. The summed E-state index contributed by atoms with van der Waals surface area (Å²) in [5.41, 5.74) is 0.315. The molecule has 0 aliphatic carbocycles. The lowest BCUT2D eigenvalue weighted by molar-refractivity contribution is -0.140. The first-order valence-electron chi connectivity index (χ1n) is 5.48. The Bertz CT molecular complexity index is 322. The molecule has 0 saturated heterocycles. The monoisotopic (exact) mass is 241 g/mol. The lowest BCUT2D eigenvalue weighted by Gasteiger charge is -2.16. The molecule has 1 N–H and O–H groups in total. The van der Waals surface area contributed by atoms with Crippen molar-refractivity contribution < 1.29 is 19.1 Å². The summed E-state index contributed by atoms with van der Waals surface area (Å²) in [6.07, 6.45) is 0.470. The molecular weight excluding hydrogens is 222 g/mol. The summed E-state index contributed by atoms with van der Waals surface area (Å²) < 4.78 is 4.92. The van der Waals surface area contributed by atoms with Crippen LogP contribution in [0.2, 0.25) is 0 Å². The maximum atomic E-state index is 11.3. The number of hydrogen-bond donors (Lipinski definition) is 1. The Morgan fingerprint density at radius 2 is 1.88 bits per heavy atom. The fourth-order valence-electron chi connectivity index (χ4n) is 1.07. The average molecular weight is 241 g/mol. The number of nitrogens with one attached hydrogen (secondary N) is 1. The van der Waals surface area contributed by atoms with Gasteiger partial charge in [0.15, 0.2) is 0 Å². The van der Waals surface area contributed by atoms with E-state index in [4.69, 9.17) is 4.74 Å². The van der Waals surface area contributed by atoms with Crippen molar-refractivity contribution in [2.75, 3.05) is 6.61 Å². The third-order valence-corrected chi connectivity index (χ3v) is 2.03. The van der Waals surface area contributed by atoms with Crippen molar-refractivity contribution in [3.8, 4) is 0 Å². The first-order chi connectivity index (χ1) is 7.86. The SMILES string of the molecule is C=C(C)C(=O)OCC(CC)NC(=O)CC(C)=O. The van der Waals surface area contributed by atoms with Gasteiger partial charge in [-0.2, -0.15) is 0 Å². The van der Waals surface area contributed by atoms with Crippen LogP contribution in [0, 0.1) is 0 Å². The zero-order valence-electron chi connectivity index (χ0n) is 10.5. The lowest BCUT2D eigenvalue weighted by atomic mass is 10.2. The minimum absolute atomic E-state index is 0.0891. The van der Waals surface area contributed by atoms with Crippen LogP contribution in [0.25, 0.3) is 0 Å². The largest absolute Gasteiger partial charge is 0.460 e. The molecule has 0 spiro atoms. The van der Waals surface area contributed by atoms with Gasteiger partial charge in [-0.3, -0.25) is 9.59 Å². The number of ether oxygens (including phenoxy) is 1. The first kappa shape index (κ1) is 15.3. The molecule has 0 aromatic rings. The summed E-state index contributed by atoms with van der Waals surface area (Å²) in [5.74, 6) is -1.03. The van der Waals surface area contributed by atoms with Crippen molar-refractivity contribution in [2.24, 2.45) is 0 Å². The number of carbonyl (C=O) groups is 3. The number of rotatable bonds is 7. The molecule has 1 unspecified atom stereocenters. The van der Waals surface area contributed by atoms with Gasteiger partial charge in [-0.05, 0) is 20.3 Å². The standard InChI is InChI=1S/C12H19NO4/c1-5-10(7-17-12(16)8(2)3)13-11(15)6-9(4)14/h10H,2,5-7H2,1,3-4H3,(H,13,15). The van der Waals surface area contributed by atoms with Crippen LogP contribution in [-0.2, 0) is 19.1 Å². The second-order valence-electron chi connectivity index (χ2n) is 3.93. The normalized spacial score (nSPS) is 11.5. The van der Waals surface area contributed by atoms with E-state index < -0.39 is 5.97 Å². The van der Waals surface area contributed by atoms with Gasteiger partial charge >= 0.3 is 5.97 Å². The maximum Gasteiger partial charge on any atom is 0.333 e. The molecule has 1 atom stereocenters. The Balaban J connectivity index is 4.08. The van der Waals surface area contributed by atoms with Gasteiger partial charge in [-0.25, -0.2) is 4.79 Å². The van der Waals surface area contributed by atoms with Crippen LogP contribution in [0.4, 0.5) is 0 Å². The Morgan fingerprint density at radius 3 is 2.29 bits per heavy atom. The molecule has 0 fully saturated rings. The number of esters is 1. The molecule has 0 aliphatic rings. The highest BCUT2D eigenvalue weighted by Gasteiger charge is 2.14. The lowest BCUT2D eigenvalue weighted by Crippen LogP contribution is -2.39. The van der Waals surface area contributed by atoms with E-state index in [-0.39, 0.29) is 30.8 Å². The summed E-state index contributed by atoms with van der Waals surface area (Å²) in [5, 5.41) is 2.63. The molecule has 0 saturated carbocycles. The minimum Gasteiger partial charge on any atom is -0.460 e. The number of Topliss-reactive ketones (excluding diaryl/α,β-unsaturated/α-hetero) is 1. The van der Waals surface area contributed by atoms with Gasteiger partial charge in [0.1, 0.15) is 12.4 Å². The van der Waals surface area contributed by atoms with E-state index in [2.05, 4.69) is 11.9 Å². The molecular formula is C12H19NO4. The van der Waals surface area contributed by atoms with E-state index in [1.54, 1.807) is 6.92 Å². The maximum absolute atomic E-state index is 11.3. The first-order valence-corrected chi connectivity index (χ1v) is 5.48. The molecule has 96 valence electrons. The molecule has 0 radical (unpaired) electrons. The van der Waals surface area contributed by atoms with Crippen LogP contribution in [0.15, 0.2) is 12.2 Å². The number of carbonyl (C=O) groups excluding carboxylic acids is 3. The molecule has 17 heavy (non-hydrogen) atoms. The van der Waals surface area contributed by atoms with Crippen LogP contribution in [0.5, 0.6) is 0 Å². The van der Waals surface area contributed by atoms with Gasteiger partial charge in [0.2, 0.25) is 5.91 Å². The summed E-state index contributed by atoms with van der Waals surface area (Å²) >= 11 is 0. The van der Waals surface area contributed by atoms with Gasteiger partial charge < -0.3 is 10.1 Å². The van der Waals surface area contributed by atoms with Crippen molar-refractivity contribution in [1.29, 1.82) is 0 Å². The highest BCUT2D eigenvalue weighted by molar-refractivity contribution is 5.96. The summed E-state index contributed by atoms with van der Waals surface area (Å²) in [6, 6.07) is -0.273. The van der Waals surface area contributed by atoms with E-state index in [1.165, 1.54) is 6.92 Å². The third-order valence-electron chi connectivity index (χ3n) is 2.03. The van der Waals surface area contributed by atoms with Gasteiger partial charge in [0, 0.05) is 5.57 Å². The van der Waals surface area contributed by atoms with Crippen LogP contribution in [-0.4, -0.2) is 30.3 Å². The van der Waals surface area contributed by atoms with Gasteiger partial charge in [-0.1, -0.05) is 13.5 Å². The Kier molecular flexibility index (Phi) is 6.86. The Morgan fingerprint density at radius 1 is 1.29 bits per heavy atom. The van der Waals surface area contributed by atoms with Crippen molar-refractivity contribution in [3.63, 3.8) is 0 Å². The summed E-state index contributed by atoms with van der Waals surface area (Å²) in [7, 11) is 0. The topological polar surface area (TPSA) is 72.5 Å². The van der Waals surface area contributed by atoms with Crippen LogP contribution in [0.3, 0.4) is 0 Å². The van der Waals surface area contributed by atoms with Gasteiger partial charge in [-0.15, -0.1) is 0 Å². The number of hydrogen-bond acceptors (Lipinski definition) is 4. The second kappa shape index (κ2) is 7.60. The smallest absolute Gasteiger partial charge is 0.333 e. The highest BCUT2D eigenvalue weighted by atomic mass is 16.5. The number of amides is 1. The van der Waals surface area contributed by atoms with Crippen LogP contribution >= 0.6 is 0 Å². The van der Waals surface area contributed by atoms with Gasteiger partial charge in [0.25, 0.3) is 0 Å². The zero-order valence-corrected chi connectivity index (χ0v) is 10.5. The van der Waals surface area contributed by atoms with E-state index in [0.717, 1.165) is 0 Å². The number of ketones is 1. The Hall–Kier alpha value is -1.65. The minimum atomic E-state index is -0.482. The van der Waals surface area contributed by atoms with E-state index in [0.29, 0.717) is 12.0 Å². The average Bonchev–Trinajstić information content (AvgIpc) is 2.22. The molecule has 0 aliphatic heterocycles. The highest BCUT2D eigenvalue weighted by Crippen LogP contribution is 1.98. The summed E-state index contributed by atoms with van der Waals surface area (Å²) in [6.45, 7) is 8.30. The fourth-order valence-corrected chi connectivity index (χ4v) is 1.07. The molecule has 0 aromatic carbocycles. The third kappa shape index (κ3) is 7.27. The molecule has 0 rings (SSSR count).